The SMILES string of the molecule is CCc1cc(Sc2cc(CC)c(O)cc2C)c(C)cc1O.Oc1ccccc1Sc1ccccc1O. The lowest BCUT2D eigenvalue weighted by atomic mass is 10.1. The number of hydrogen-bond donors (Lipinski definition) is 4. The van der Waals surface area contributed by atoms with E-state index in [0.717, 1.165) is 54.7 Å². The third-order valence-corrected chi connectivity index (χ3v) is 8.13. The highest BCUT2D eigenvalue weighted by molar-refractivity contribution is 7.99. The maximum absolute atomic E-state index is 9.91. The van der Waals surface area contributed by atoms with Crippen molar-refractivity contribution in [1.82, 2.24) is 0 Å². The second-order valence-electron chi connectivity index (χ2n) is 8.34. The molecule has 36 heavy (non-hydrogen) atoms. The van der Waals surface area contributed by atoms with Crippen LogP contribution in [0.3, 0.4) is 0 Å². The Morgan fingerprint density at radius 2 is 0.861 bits per heavy atom. The summed E-state index contributed by atoms with van der Waals surface area (Å²) in [4.78, 5) is 3.78. The van der Waals surface area contributed by atoms with Gasteiger partial charge in [0.2, 0.25) is 0 Å². The molecule has 4 nitrogen and oxygen atoms in total. The molecule has 0 amide bonds. The summed E-state index contributed by atoms with van der Waals surface area (Å²) < 4.78 is 0. The Morgan fingerprint density at radius 1 is 0.500 bits per heavy atom. The van der Waals surface area contributed by atoms with E-state index < -0.39 is 0 Å². The smallest absolute Gasteiger partial charge is 0.129 e. The second-order valence-corrected chi connectivity index (χ2v) is 10.5. The quantitative estimate of drug-likeness (QED) is 0.205. The van der Waals surface area contributed by atoms with Gasteiger partial charge in [-0.05, 0) is 97.5 Å². The van der Waals surface area contributed by atoms with E-state index in [1.807, 2.05) is 64.1 Å². The van der Waals surface area contributed by atoms with E-state index in [1.165, 1.54) is 11.8 Å². The van der Waals surface area contributed by atoms with Crippen LogP contribution in [0.25, 0.3) is 0 Å². The third kappa shape index (κ3) is 6.93. The lowest BCUT2D eigenvalue weighted by Crippen LogP contribution is -1.90. The highest BCUT2D eigenvalue weighted by Crippen LogP contribution is 2.39. The molecule has 4 rings (SSSR count). The van der Waals surface area contributed by atoms with Gasteiger partial charge < -0.3 is 20.4 Å². The molecule has 4 aromatic carbocycles. The van der Waals surface area contributed by atoms with Crippen molar-refractivity contribution in [2.24, 2.45) is 0 Å². The predicted molar refractivity (Wildman–Crippen MR) is 149 cm³/mol. The van der Waals surface area contributed by atoms with Gasteiger partial charge in [0.05, 0.1) is 9.79 Å². The Balaban J connectivity index is 0.000000212. The number of phenols is 4. The zero-order valence-corrected chi connectivity index (χ0v) is 22.6. The first-order chi connectivity index (χ1) is 17.2. The molecule has 0 aliphatic heterocycles. The molecule has 0 atom stereocenters. The summed E-state index contributed by atoms with van der Waals surface area (Å²) in [6, 6.07) is 21.9. The van der Waals surface area contributed by atoms with Gasteiger partial charge in [-0.15, -0.1) is 0 Å². The van der Waals surface area contributed by atoms with E-state index >= 15 is 0 Å². The monoisotopic (exact) mass is 520 g/mol. The van der Waals surface area contributed by atoms with E-state index in [-0.39, 0.29) is 11.5 Å². The number of para-hydroxylation sites is 2. The number of benzene rings is 4. The van der Waals surface area contributed by atoms with Crippen molar-refractivity contribution in [3.05, 3.63) is 95.1 Å². The third-order valence-electron chi connectivity index (χ3n) is 5.68. The number of phenolic OH excluding ortho intramolecular Hbond substituents is 4. The van der Waals surface area contributed by atoms with E-state index in [0.29, 0.717) is 11.5 Å². The first kappa shape index (κ1) is 27.4. The van der Waals surface area contributed by atoms with Crippen molar-refractivity contribution in [3.8, 4) is 23.0 Å². The zero-order chi connectivity index (χ0) is 26.2. The Kier molecular flexibility index (Phi) is 9.62. The van der Waals surface area contributed by atoms with Gasteiger partial charge in [-0.2, -0.15) is 0 Å². The molecule has 0 aliphatic carbocycles. The van der Waals surface area contributed by atoms with Crippen molar-refractivity contribution >= 4 is 23.5 Å². The number of hydrogen-bond acceptors (Lipinski definition) is 6. The summed E-state index contributed by atoms with van der Waals surface area (Å²) in [6.45, 7) is 8.11. The number of aryl methyl sites for hydroxylation is 4. The summed E-state index contributed by atoms with van der Waals surface area (Å²) in [5.41, 5.74) is 4.07. The first-order valence-electron chi connectivity index (χ1n) is 11.8. The topological polar surface area (TPSA) is 80.9 Å². The predicted octanol–water partition coefficient (Wildman–Crippen LogP) is 8.24. The van der Waals surface area contributed by atoms with Gasteiger partial charge in [0.25, 0.3) is 0 Å². The molecule has 0 unspecified atom stereocenters. The van der Waals surface area contributed by atoms with E-state index in [9.17, 15) is 20.4 Å². The van der Waals surface area contributed by atoms with Crippen LogP contribution >= 0.6 is 23.5 Å². The molecule has 0 aromatic heterocycles. The standard InChI is InChI=1S/C18H22O2S.C12H10O2S/c1-5-13-9-17(11(3)7-15(13)19)21-18-10-14(6-2)16(20)8-12(18)4;13-9-5-1-3-7-11(9)15-12-8-4-2-6-10(12)14/h7-10,19-20H,5-6H2,1-4H3;1-8,13-14H. The number of aromatic hydroxyl groups is 4. The van der Waals surface area contributed by atoms with Crippen LogP contribution < -0.4 is 0 Å². The van der Waals surface area contributed by atoms with Crippen molar-refractivity contribution in [2.45, 2.75) is 60.1 Å². The fraction of sp³-hybridized carbons (Fsp3) is 0.200. The Labute approximate surface area is 221 Å². The van der Waals surface area contributed by atoms with Crippen LogP contribution in [-0.2, 0) is 12.8 Å². The molecule has 0 aliphatic rings. The Hall–Kier alpha value is -3.22. The molecular formula is C30H32O4S2. The molecule has 4 N–H and O–H groups in total. The minimum absolute atomic E-state index is 0.228. The van der Waals surface area contributed by atoms with Crippen LogP contribution in [0.2, 0.25) is 0 Å². The lowest BCUT2D eigenvalue weighted by molar-refractivity contribution is 0.459. The van der Waals surface area contributed by atoms with E-state index in [4.69, 9.17) is 0 Å². The van der Waals surface area contributed by atoms with Gasteiger partial charge in [-0.1, -0.05) is 61.6 Å². The second kappa shape index (κ2) is 12.7. The van der Waals surface area contributed by atoms with Crippen LogP contribution in [0.5, 0.6) is 23.0 Å². The van der Waals surface area contributed by atoms with Crippen LogP contribution in [-0.4, -0.2) is 20.4 Å². The minimum Gasteiger partial charge on any atom is -0.508 e. The Morgan fingerprint density at radius 3 is 1.22 bits per heavy atom. The van der Waals surface area contributed by atoms with Crippen molar-refractivity contribution in [1.29, 1.82) is 0 Å². The summed E-state index contributed by atoms with van der Waals surface area (Å²) in [7, 11) is 0. The lowest BCUT2D eigenvalue weighted by Gasteiger charge is -2.13. The van der Waals surface area contributed by atoms with Gasteiger partial charge in [0.15, 0.2) is 0 Å². The van der Waals surface area contributed by atoms with Crippen LogP contribution in [0.15, 0.2) is 92.4 Å². The fourth-order valence-electron chi connectivity index (χ4n) is 3.54. The average molecular weight is 521 g/mol. The summed E-state index contributed by atoms with van der Waals surface area (Å²) in [6.07, 6.45) is 1.63. The summed E-state index contributed by atoms with van der Waals surface area (Å²) in [5.74, 6) is 1.20. The highest BCUT2D eigenvalue weighted by Gasteiger charge is 2.11. The van der Waals surface area contributed by atoms with Crippen molar-refractivity contribution in [3.63, 3.8) is 0 Å². The van der Waals surface area contributed by atoms with Crippen LogP contribution in [0.1, 0.15) is 36.1 Å². The summed E-state index contributed by atoms with van der Waals surface area (Å²) in [5, 5.41) is 38.9. The maximum Gasteiger partial charge on any atom is 0.129 e. The molecule has 0 fully saturated rings. The minimum atomic E-state index is 0.228. The summed E-state index contributed by atoms with van der Waals surface area (Å²) >= 11 is 3.04. The normalized spacial score (nSPS) is 10.6. The molecule has 0 saturated heterocycles. The molecule has 0 spiro atoms. The van der Waals surface area contributed by atoms with Gasteiger partial charge in [-0.25, -0.2) is 0 Å². The van der Waals surface area contributed by atoms with Crippen molar-refractivity contribution in [2.75, 3.05) is 0 Å². The largest absolute Gasteiger partial charge is 0.508 e. The molecule has 4 aromatic rings. The first-order valence-corrected chi connectivity index (χ1v) is 13.4. The molecule has 0 bridgehead atoms. The molecule has 0 radical (unpaired) electrons. The average Bonchev–Trinajstić information content (AvgIpc) is 2.85. The maximum atomic E-state index is 9.91. The molecule has 188 valence electrons. The van der Waals surface area contributed by atoms with Crippen LogP contribution in [0, 0.1) is 13.8 Å². The Bertz CT molecular complexity index is 1230. The van der Waals surface area contributed by atoms with Crippen molar-refractivity contribution < 1.29 is 20.4 Å². The van der Waals surface area contributed by atoms with E-state index in [1.54, 1.807) is 36.0 Å². The van der Waals surface area contributed by atoms with Gasteiger partial charge in [0.1, 0.15) is 23.0 Å². The molecule has 0 saturated carbocycles. The van der Waals surface area contributed by atoms with Gasteiger partial charge in [0, 0.05) is 9.79 Å². The van der Waals surface area contributed by atoms with Crippen LogP contribution in [0.4, 0.5) is 0 Å². The molecule has 6 heteroatoms. The highest BCUT2D eigenvalue weighted by atomic mass is 32.2. The van der Waals surface area contributed by atoms with Gasteiger partial charge in [-0.3, -0.25) is 0 Å². The number of rotatable bonds is 6. The van der Waals surface area contributed by atoms with E-state index in [2.05, 4.69) is 12.1 Å². The zero-order valence-electron chi connectivity index (χ0n) is 20.9. The molecular weight excluding hydrogens is 488 g/mol. The molecule has 0 heterocycles. The van der Waals surface area contributed by atoms with Gasteiger partial charge >= 0.3 is 0 Å². The fourth-order valence-corrected chi connectivity index (χ4v) is 5.49.